The zero-order valence-corrected chi connectivity index (χ0v) is 12.8. The van der Waals surface area contributed by atoms with Gasteiger partial charge < -0.3 is 31.9 Å². The molecule has 0 unspecified atom stereocenters. The first kappa shape index (κ1) is 19.4. The molecule has 0 radical (unpaired) electrons. The van der Waals surface area contributed by atoms with Crippen molar-refractivity contribution in [1.29, 1.82) is 0 Å². The summed E-state index contributed by atoms with van der Waals surface area (Å²) in [4.78, 5) is 56.8. The van der Waals surface area contributed by atoms with E-state index < -0.39 is 60.6 Å². The summed E-state index contributed by atoms with van der Waals surface area (Å²) in [6.07, 6.45) is -0.0630. The van der Waals surface area contributed by atoms with Gasteiger partial charge in [-0.05, 0) is 19.4 Å². The molecule has 1 aliphatic rings. The zero-order valence-electron chi connectivity index (χ0n) is 12.8. The number of nitrogens with one attached hydrogen (secondary N) is 3. The predicted octanol–water partition coefficient (Wildman–Crippen LogP) is -2.86. The molecule has 3 amide bonds. The molecule has 0 spiro atoms. The van der Waals surface area contributed by atoms with Crippen LogP contribution in [0.3, 0.4) is 0 Å². The van der Waals surface area contributed by atoms with Gasteiger partial charge in [0.25, 0.3) is 0 Å². The lowest BCUT2D eigenvalue weighted by molar-refractivity contribution is -0.144. The van der Waals surface area contributed by atoms with Gasteiger partial charge in [0, 0.05) is 0 Å². The lowest BCUT2D eigenvalue weighted by Crippen LogP contribution is -2.55. The number of primary amides is 1. The third kappa shape index (κ3) is 6.20. The predicted molar refractivity (Wildman–Crippen MR) is 78.6 cm³/mol. The van der Waals surface area contributed by atoms with Crippen LogP contribution in [0.1, 0.15) is 25.7 Å². The van der Waals surface area contributed by atoms with Gasteiger partial charge in [0.1, 0.15) is 12.1 Å². The van der Waals surface area contributed by atoms with Crippen LogP contribution in [0.5, 0.6) is 0 Å². The van der Waals surface area contributed by atoms with Gasteiger partial charge in [-0.1, -0.05) is 0 Å². The molecule has 24 heavy (non-hydrogen) atoms. The number of aliphatic carboxylic acids is 2. The third-order valence-corrected chi connectivity index (χ3v) is 3.41. The minimum absolute atomic E-state index is 0.532. The molecule has 1 fully saturated rings. The van der Waals surface area contributed by atoms with Gasteiger partial charge in [-0.25, -0.2) is 4.79 Å². The number of carboxylic acid groups (broad SMARTS) is 2. The summed E-state index contributed by atoms with van der Waals surface area (Å²) in [5, 5.41) is 25.0. The molecule has 134 valence electrons. The highest BCUT2D eigenvalue weighted by molar-refractivity contribution is 5.95. The Bertz CT molecular complexity index is 530. The summed E-state index contributed by atoms with van der Waals surface area (Å²) < 4.78 is 0. The average molecular weight is 344 g/mol. The summed E-state index contributed by atoms with van der Waals surface area (Å²) in [5.41, 5.74) is 4.90. The molecule has 11 heteroatoms. The van der Waals surface area contributed by atoms with Gasteiger partial charge >= 0.3 is 11.9 Å². The van der Waals surface area contributed by atoms with E-state index in [1.165, 1.54) is 0 Å². The Morgan fingerprint density at radius 3 is 2.21 bits per heavy atom. The van der Waals surface area contributed by atoms with Crippen molar-refractivity contribution in [2.24, 2.45) is 5.73 Å². The first-order valence-electron chi connectivity index (χ1n) is 7.27. The second-order valence-electron chi connectivity index (χ2n) is 5.38. The lowest BCUT2D eigenvalue weighted by Gasteiger charge is -2.21. The van der Waals surface area contributed by atoms with E-state index in [0.29, 0.717) is 13.0 Å². The Kier molecular flexibility index (Phi) is 7.11. The van der Waals surface area contributed by atoms with Gasteiger partial charge in [-0.3, -0.25) is 19.2 Å². The first-order valence-corrected chi connectivity index (χ1v) is 7.27. The number of hydrogen-bond donors (Lipinski definition) is 6. The van der Waals surface area contributed by atoms with Gasteiger partial charge in [-0.15, -0.1) is 0 Å². The van der Waals surface area contributed by atoms with Crippen molar-refractivity contribution in [3.8, 4) is 0 Å². The van der Waals surface area contributed by atoms with Crippen molar-refractivity contribution in [2.45, 2.75) is 43.8 Å². The SMILES string of the molecule is NC(=O)C[C@H](NC(=O)[C@H](CC(=O)O)NC(=O)[C@@H]1CCCN1)C(=O)O. The fraction of sp³-hybridized carbons (Fsp3) is 0.615. The van der Waals surface area contributed by atoms with Crippen molar-refractivity contribution in [2.75, 3.05) is 6.54 Å². The Balaban J connectivity index is 2.75. The number of carboxylic acids is 2. The van der Waals surface area contributed by atoms with Crippen molar-refractivity contribution < 1.29 is 34.2 Å². The van der Waals surface area contributed by atoms with Crippen LogP contribution in [0.4, 0.5) is 0 Å². The maximum absolute atomic E-state index is 12.1. The highest BCUT2D eigenvalue weighted by Crippen LogP contribution is 2.06. The molecular weight excluding hydrogens is 324 g/mol. The molecular formula is C13H20N4O7. The molecule has 0 aromatic heterocycles. The van der Waals surface area contributed by atoms with Crippen LogP contribution in [0.15, 0.2) is 0 Å². The summed E-state index contributed by atoms with van der Waals surface area (Å²) in [7, 11) is 0. The molecule has 11 nitrogen and oxygen atoms in total. The van der Waals surface area contributed by atoms with Crippen molar-refractivity contribution >= 4 is 29.7 Å². The quantitative estimate of drug-likeness (QED) is 0.257. The molecule has 1 rings (SSSR count). The summed E-state index contributed by atoms with van der Waals surface area (Å²) in [6, 6.07) is -3.60. The van der Waals surface area contributed by atoms with Crippen LogP contribution in [-0.2, 0) is 24.0 Å². The fourth-order valence-electron chi connectivity index (χ4n) is 2.24. The molecule has 3 atom stereocenters. The molecule has 1 saturated heterocycles. The van der Waals surface area contributed by atoms with E-state index in [9.17, 15) is 24.0 Å². The number of amides is 3. The van der Waals surface area contributed by atoms with Gasteiger partial charge in [-0.2, -0.15) is 0 Å². The smallest absolute Gasteiger partial charge is 0.326 e. The number of rotatable bonds is 9. The van der Waals surface area contributed by atoms with E-state index in [4.69, 9.17) is 15.9 Å². The van der Waals surface area contributed by atoms with E-state index in [2.05, 4.69) is 10.6 Å². The molecule has 0 aliphatic carbocycles. The van der Waals surface area contributed by atoms with E-state index in [-0.39, 0.29) is 0 Å². The van der Waals surface area contributed by atoms with Gasteiger partial charge in [0.2, 0.25) is 17.7 Å². The molecule has 0 aromatic carbocycles. The van der Waals surface area contributed by atoms with Crippen molar-refractivity contribution in [3.63, 3.8) is 0 Å². The van der Waals surface area contributed by atoms with Gasteiger partial charge in [0.15, 0.2) is 0 Å². The van der Waals surface area contributed by atoms with E-state index in [1.54, 1.807) is 0 Å². The average Bonchev–Trinajstić information content (AvgIpc) is 2.98. The van der Waals surface area contributed by atoms with Crippen LogP contribution in [0.2, 0.25) is 0 Å². The summed E-state index contributed by atoms with van der Waals surface area (Å²) in [5.74, 6) is -5.36. The van der Waals surface area contributed by atoms with Crippen molar-refractivity contribution in [3.05, 3.63) is 0 Å². The van der Waals surface area contributed by atoms with Crippen LogP contribution in [-0.4, -0.2) is 64.5 Å². The highest BCUT2D eigenvalue weighted by atomic mass is 16.4. The largest absolute Gasteiger partial charge is 0.481 e. The second kappa shape index (κ2) is 8.82. The minimum Gasteiger partial charge on any atom is -0.481 e. The first-order chi connectivity index (χ1) is 11.2. The third-order valence-electron chi connectivity index (χ3n) is 3.41. The maximum Gasteiger partial charge on any atom is 0.326 e. The summed E-state index contributed by atoms with van der Waals surface area (Å²) >= 11 is 0. The normalized spacial score (nSPS) is 19.1. The molecule has 0 bridgehead atoms. The van der Waals surface area contributed by atoms with E-state index >= 15 is 0 Å². The number of nitrogens with two attached hydrogens (primary N) is 1. The summed E-state index contributed by atoms with van der Waals surface area (Å²) in [6.45, 7) is 0.633. The molecule has 0 aromatic rings. The van der Waals surface area contributed by atoms with E-state index in [1.807, 2.05) is 5.32 Å². The van der Waals surface area contributed by atoms with E-state index in [0.717, 1.165) is 6.42 Å². The Hall–Kier alpha value is -2.69. The highest BCUT2D eigenvalue weighted by Gasteiger charge is 2.31. The number of carbonyl (C=O) groups excluding carboxylic acids is 3. The molecule has 1 aliphatic heterocycles. The Morgan fingerprint density at radius 2 is 1.75 bits per heavy atom. The maximum atomic E-state index is 12.1. The Morgan fingerprint density at radius 1 is 1.08 bits per heavy atom. The Labute approximate surface area is 136 Å². The molecule has 1 heterocycles. The number of hydrogen-bond acceptors (Lipinski definition) is 6. The van der Waals surface area contributed by atoms with Crippen molar-refractivity contribution in [1.82, 2.24) is 16.0 Å². The zero-order chi connectivity index (χ0) is 18.3. The van der Waals surface area contributed by atoms with Crippen LogP contribution >= 0.6 is 0 Å². The van der Waals surface area contributed by atoms with Crippen LogP contribution in [0.25, 0.3) is 0 Å². The van der Waals surface area contributed by atoms with Crippen LogP contribution in [0, 0.1) is 0 Å². The standard InChI is InChI=1S/C13H20N4O7/c14-9(18)4-8(13(23)24)17-12(22)7(5-10(19)20)16-11(21)6-2-1-3-15-6/h6-8,15H,1-5H2,(H2,14,18)(H,16,21)(H,17,22)(H,19,20)(H,23,24)/t6-,7-,8-/m0/s1. The fourth-order valence-corrected chi connectivity index (χ4v) is 2.24. The monoisotopic (exact) mass is 344 g/mol. The second-order valence-corrected chi connectivity index (χ2v) is 5.38. The topological polar surface area (TPSA) is 188 Å². The van der Waals surface area contributed by atoms with Gasteiger partial charge in [0.05, 0.1) is 18.9 Å². The molecule has 7 N–H and O–H groups in total. The number of carbonyl (C=O) groups is 5. The molecule has 0 saturated carbocycles. The minimum atomic E-state index is -1.60. The van der Waals surface area contributed by atoms with Crippen LogP contribution < -0.4 is 21.7 Å². The lowest BCUT2D eigenvalue weighted by atomic mass is 10.1.